The second-order valence-electron chi connectivity index (χ2n) is 8.48. The van der Waals surface area contributed by atoms with E-state index in [2.05, 4.69) is 7.05 Å². The highest BCUT2D eigenvalue weighted by Gasteiger charge is 2.47. The number of rotatable bonds is 4. The summed E-state index contributed by atoms with van der Waals surface area (Å²) in [6, 6.07) is 0.604. The highest BCUT2D eigenvalue weighted by atomic mass is 16.5. The van der Waals surface area contributed by atoms with Crippen LogP contribution in [0.15, 0.2) is 0 Å². The minimum Gasteiger partial charge on any atom is -0.390 e. The zero-order valence-electron chi connectivity index (χ0n) is 15.5. The van der Waals surface area contributed by atoms with Gasteiger partial charge in [0.1, 0.15) is 0 Å². The van der Waals surface area contributed by atoms with Crippen LogP contribution < -0.4 is 4.90 Å². The Kier molecular flexibility index (Phi) is 6.20. The first-order valence-corrected chi connectivity index (χ1v) is 9.77. The Bertz CT molecular complexity index is 407. The lowest BCUT2D eigenvalue weighted by molar-refractivity contribution is -0.919. The van der Waals surface area contributed by atoms with Gasteiger partial charge in [-0.3, -0.25) is 0 Å². The van der Waals surface area contributed by atoms with Gasteiger partial charge in [0.2, 0.25) is 0 Å². The molecule has 1 saturated heterocycles. The van der Waals surface area contributed by atoms with Gasteiger partial charge >= 0.3 is 0 Å². The summed E-state index contributed by atoms with van der Waals surface area (Å²) >= 11 is 0. The molecule has 0 spiro atoms. The first-order chi connectivity index (χ1) is 11.5. The number of nitrogens with one attached hydrogen (secondary N) is 1. The van der Waals surface area contributed by atoms with E-state index in [0.29, 0.717) is 23.8 Å². The van der Waals surface area contributed by atoms with Gasteiger partial charge in [0, 0.05) is 26.6 Å². The molecule has 3 fully saturated rings. The number of aliphatic hydroxyl groups is 2. The Morgan fingerprint density at radius 1 is 0.917 bits per heavy atom. The van der Waals surface area contributed by atoms with Gasteiger partial charge in [-0.2, -0.15) is 0 Å². The van der Waals surface area contributed by atoms with E-state index in [9.17, 15) is 10.2 Å². The number of ether oxygens (including phenoxy) is 2. The van der Waals surface area contributed by atoms with Crippen LogP contribution in [0.2, 0.25) is 0 Å². The van der Waals surface area contributed by atoms with Crippen molar-refractivity contribution < 1.29 is 24.6 Å². The Hall–Kier alpha value is -0.200. The largest absolute Gasteiger partial charge is 0.390 e. The van der Waals surface area contributed by atoms with Crippen molar-refractivity contribution in [2.24, 2.45) is 17.8 Å². The number of hydrogen-bond donors (Lipinski definition) is 3. The first kappa shape index (κ1) is 18.6. The molecule has 1 aliphatic heterocycles. The molecule has 1 heterocycles. The van der Waals surface area contributed by atoms with Crippen LogP contribution in [-0.2, 0) is 9.47 Å². The molecule has 0 radical (unpaired) electrons. The Labute approximate surface area is 146 Å². The van der Waals surface area contributed by atoms with E-state index in [1.807, 2.05) is 0 Å². The van der Waals surface area contributed by atoms with Crippen molar-refractivity contribution in [3.63, 3.8) is 0 Å². The summed E-state index contributed by atoms with van der Waals surface area (Å²) in [5.41, 5.74) is 0. The lowest BCUT2D eigenvalue weighted by Crippen LogP contribution is -3.15. The molecule has 0 aromatic carbocycles. The number of fused-ring (bicyclic) bond motifs is 1. The Morgan fingerprint density at radius 2 is 1.62 bits per heavy atom. The van der Waals surface area contributed by atoms with Crippen molar-refractivity contribution >= 4 is 0 Å². The van der Waals surface area contributed by atoms with Gasteiger partial charge in [0.25, 0.3) is 0 Å². The second kappa shape index (κ2) is 8.00. The zero-order chi connectivity index (χ0) is 17.3. The van der Waals surface area contributed by atoms with Gasteiger partial charge in [0.05, 0.1) is 44.1 Å². The van der Waals surface area contributed by atoms with Gasteiger partial charge in [0.15, 0.2) is 0 Å². The van der Waals surface area contributed by atoms with Crippen LogP contribution in [0.4, 0.5) is 0 Å². The summed E-state index contributed by atoms with van der Waals surface area (Å²) in [7, 11) is 5.74. The third-order valence-electron chi connectivity index (χ3n) is 7.20. The first-order valence-electron chi connectivity index (χ1n) is 9.77. The van der Waals surface area contributed by atoms with Crippen molar-refractivity contribution in [3.8, 4) is 0 Å². The minimum absolute atomic E-state index is 0.0178. The average Bonchev–Trinajstić information content (AvgIpc) is 2.57. The second-order valence-corrected chi connectivity index (χ2v) is 8.48. The molecule has 5 heteroatoms. The number of piperidine rings is 1. The molecule has 9 atom stereocenters. The third kappa shape index (κ3) is 3.80. The molecule has 0 amide bonds. The summed E-state index contributed by atoms with van der Waals surface area (Å²) in [6.07, 6.45) is 6.69. The Morgan fingerprint density at radius 3 is 2.29 bits per heavy atom. The van der Waals surface area contributed by atoms with E-state index in [0.717, 1.165) is 32.1 Å². The molecule has 3 N–H and O–H groups in total. The maximum atomic E-state index is 10.4. The molecule has 2 aliphatic carbocycles. The number of aliphatic hydroxyl groups excluding tert-OH is 2. The van der Waals surface area contributed by atoms with Crippen LogP contribution in [0.25, 0.3) is 0 Å². The fourth-order valence-electron chi connectivity index (χ4n) is 5.72. The fourth-order valence-corrected chi connectivity index (χ4v) is 5.72. The van der Waals surface area contributed by atoms with E-state index < -0.39 is 0 Å². The minimum atomic E-state index is -0.320. The van der Waals surface area contributed by atoms with E-state index in [-0.39, 0.29) is 24.4 Å². The summed E-state index contributed by atoms with van der Waals surface area (Å²) in [5, 5.41) is 20.7. The monoisotopic (exact) mass is 342 g/mol. The van der Waals surface area contributed by atoms with Crippen LogP contribution in [0.5, 0.6) is 0 Å². The molecule has 24 heavy (non-hydrogen) atoms. The molecular weight excluding hydrogens is 306 g/mol. The Balaban J connectivity index is 1.63. The molecule has 0 bridgehead atoms. The SMILES string of the molecule is COC1CCC(CC2C3CC(O)C(OC)CC3CC[NH+]2C)CC1O. The molecule has 5 nitrogen and oxygen atoms in total. The number of methoxy groups -OCH3 is 2. The van der Waals surface area contributed by atoms with Gasteiger partial charge < -0.3 is 24.6 Å². The smallest absolute Gasteiger partial charge is 0.0907 e. The fraction of sp³-hybridized carbons (Fsp3) is 1.00. The summed E-state index contributed by atoms with van der Waals surface area (Å²) in [5.74, 6) is 1.87. The van der Waals surface area contributed by atoms with E-state index in [1.54, 1.807) is 19.1 Å². The lowest BCUT2D eigenvalue weighted by atomic mass is 9.66. The number of hydrogen-bond acceptors (Lipinski definition) is 4. The summed E-state index contributed by atoms with van der Waals surface area (Å²) in [6.45, 7) is 1.22. The zero-order valence-corrected chi connectivity index (χ0v) is 15.5. The maximum absolute atomic E-state index is 10.4. The third-order valence-corrected chi connectivity index (χ3v) is 7.20. The van der Waals surface area contributed by atoms with Gasteiger partial charge in [-0.15, -0.1) is 0 Å². The van der Waals surface area contributed by atoms with Crippen molar-refractivity contribution in [3.05, 3.63) is 0 Å². The topological polar surface area (TPSA) is 63.4 Å². The number of quaternary nitrogens is 1. The highest BCUT2D eigenvalue weighted by molar-refractivity contribution is 4.93. The lowest BCUT2D eigenvalue weighted by Gasteiger charge is -2.48. The summed E-state index contributed by atoms with van der Waals surface area (Å²) < 4.78 is 10.9. The van der Waals surface area contributed by atoms with Crippen LogP contribution in [0.1, 0.15) is 44.9 Å². The van der Waals surface area contributed by atoms with E-state index in [1.165, 1.54) is 19.4 Å². The molecule has 3 rings (SSSR count). The molecule has 3 aliphatic rings. The van der Waals surface area contributed by atoms with E-state index >= 15 is 0 Å². The van der Waals surface area contributed by atoms with Gasteiger partial charge in [-0.05, 0) is 50.4 Å². The molecule has 9 unspecified atom stereocenters. The van der Waals surface area contributed by atoms with Crippen LogP contribution in [0, 0.1) is 17.8 Å². The quantitative estimate of drug-likeness (QED) is 0.685. The summed E-state index contributed by atoms with van der Waals surface area (Å²) in [4.78, 5) is 1.61. The van der Waals surface area contributed by atoms with E-state index in [4.69, 9.17) is 9.47 Å². The van der Waals surface area contributed by atoms with Crippen LogP contribution in [-0.4, -0.2) is 68.5 Å². The van der Waals surface area contributed by atoms with Crippen molar-refractivity contribution in [1.82, 2.24) is 0 Å². The van der Waals surface area contributed by atoms with Crippen LogP contribution >= 0.6 is 0 Å². The predicted molar refractivity (Wildman–Crippen MR) is 91.9 cm³/mol. The van der Waals surface area contributed by atoms with Gasteiger partial charge in [-0.1, -0.05) is 0 Å². The maximum Gasteiger partial charge on any atom is 0.0907 e. The van der Waals surface area contributed by atoms with Crippen molar-refractivity contribution in [2.75, 3.05) is 27.8 Å². The average molecular weight is 343 g/mol. The standard InChI is InChI=1S/C19H35NO4/c1-20-7-6-13-10-19(24-3)17(22)11-14(13)15(20)8-12-4-5-18(23-2)16(21)9-12/h12-19,21-22H,4-11H2,1-3H3/p+1. The van der Waals surface area contributed by atoms with Gasteiger partial charge in [-0.25, -0.2) is 0 Å². The molecule has 140 valence electrons. The molecular formula is C19H36NO4+. The molecule has 0 aromatic heterocycles. The van der Waals surface area contributed by atoms with Crippen molar-refractivity contribution in [1.29, 1.82) is 0 Å². The highest BCUT2D eigenvalue weighted by Crippen LogP contribution is 2.40. The normalized spacial score (nSPS) is 49.6. The predicted octanol–water partition coefficient (Wildman–Crippen LogP) is 0.242. The molecule has 0 aromatic rings. The molecule has 2 saturated carbocycles. The van der Waals surface area contributed by atoms with Crippen LogP contribution in [0.3, 0.4) is 0 Å². The van der Waals surface area contributed by atoms with Crippen molar-refractivity contribution in [2.45, 2.75) is 75.4 Å². The number of likely N-dealkylation sites (tertiary alicyclic amines) is 1.